The number of rotatable bonds is 4. The van der Waals surface area contributed by atoms with E-state index in [-0.39, 0.29) is 10.7 Å². The summed E-state index contributed by atoms with van der Waals surface area (Å²) in [6, 6.07) is 0. The fourth-order valence-corrected chi connectivity index (χ4v) is 1.33. The molecule has 1 aliphatic heterocycles. The predicted octanol–water partition coefficient (Wildman–Crippen LogP) is 1.07. The van der Waals surface area contributed by atoms with E-state index in [2.05, 4.69) is 6.92 Å². The minimum atomic E-state index is -0.341. The van der Waals surface area contributed by atoms with Crippen LogP contribution in [0, 0.1) is 10.1 Å². The van der Waals surface area contributed by atoms with Crippen molar-refractivity contribution in [1.29, 1.82) is 0 Å². The summed E-state index contributed by atoms with van der Waals surface area (Å²) in [5.74, 6) is 0.191. The van der Waals surface area contributed by atoms with Crippen molar-refractivity contribution in [2.24, 2.45) is 0 Å². The average molecular weight is 185 g/mol. The molecule has 1 aliphatic rings. The normalized spacial score (nSPS) is 16.3. The third-order valence-corrected chi connectivity index (χ3v) is 2.07. The highest BCUT2D eigenvalue weighted by Crippen LogP contribution is 2.14. The third-order valence-electron chi connectivity index (χ3n) is 2.07. The summed E-state index contributed by atoms with van der Waals surface area (Å²) in [5, 5.41) is 10.5. The quantitative estimate of drug-likeness (QED) is 0.485. The van der Waals surface area contributed by atoms with Crippen molar-refractivity contribution < 1.29 is 4.92 Å². The van der Waals surface area contributed by atoms with Crippen LogP contribution in [0.25, 0.3) is 0 Å². The van der Waals surface area contributed by atoms with Crippen molar-refractivity contribution >= 4 is 0 Å². The van der Waals surface area contributed by atoms with Crippen LogP contribution in [0.2, 0.25) is 0 Å². The maximum absolute atomic E-state index is 10.5. The molecule has 0 radical (unpaired) electrons. The zero-order valence-electron chi connectivity index (χ0n) is 8.06. The van der Waals surface area contributed by atoms with Gasteiger partial charge in [-0.2, -0.15) is 0 Å². The second-order valence-electron chi connectivity index (χ2n) is 3.25. The topological polar surface area (TPSA) is 49.6 Å². The molecule has 13 heavy (non-hydrogen) atoms. The van der Waals surface area contributed by atoms with Crippen LogP contribution in [0.15, 0.2) is 12.0 Å². The lowest BCUT2D eigenvalue weighted by Gasteiger charge is -2.13. The molecule has 0 saturated carbocycles. The lowest BCUT2D eigenvalue weighted by Crippen LogP contribution is -2.25. The van der Waals surface area contributed by atoms with Crippen LogP contribution in [0.4, 0.5) is 0 Å². The minimum Gasteiger partial charge on any atom is -0.358 e. The van der Waals surface area contributed by atoms with Crippen LogP contribution in [-0.4, -0.2) is 35.0 Å². The first-order chi connectivity index (χ1) is 6.15. The Morgan fingerprint density at radius 2 is 2.38 bits per heavy atom. The Bertz CT molecular complexity index is 227. The molecule has 0 N–H and O–H groups in total. The van der Waals surface area contributed by atoms with E-state index >= 15 is 0 Å². The Labute approximate surface area is 77.8 Å². The fraction of sp³-hybridized carbons (Fsp3) is 0.750. The van der Waals surface area contributed by atoms with Crippen molar-refractivity contribution in [2.45, 2.75) is 19.8 Å². The van der Waals surface area contributed by atoms with E-state index in [9.17, 15) is 10.1 Å². The molecule has 0 saturated heterocycles. The smallest absolute Gasteiger partial charge is 0.335 e. The zero-order chi connectivity index (χ0) is 9.84. The molecule has 5 heteroatoms. The van der Waals surface area contributed by atoms with Gasteiger partial charge < -0.3 is 15.0 Å². The lowest BCUT2D eigenvalue weighted by molar-refractivity contribution is -0.443. The van der Waals surface area contributed by atoms with E-state index in [4.69, 9.17) is 0 Å². The van der Waals surface area contributed by atoms with Crippen molar-refractivity contribution in [3.05, 3.63) is 22.1 Å². The molecule has 0 aromatic rings. The summed E-state index contributed by atoms with van der Waals surface area (Å²) in [6.07, 6.45) is 3.81. The summed E-state index contributed by atoms with van der Waals surface area (Å²) in [5.41, 5.74) is 0. The first-order valence-corrected chi connectivity index (χ1v) is 4.46. The SMILES string of the molecule is CCCCN1C=C([N+](=O)[O-])N(C)C1. The maximum atomic E-state index is 10.5. The molecule has 1 rings (SSSR count). The summed E-state index contributed by atoms with van der Waals surface area (Å²) < 4.78 is 0. The molecule has 0 aromatic carbocycles. The van der Waals surface area contributed by atoms with Crippen LogP contribution in [0.3, 0.4) is 0 Å². The van der Waals surface area contributed by atoms with E-state index in [0.29, 0.717) is 6.67 Å². The third kappa shape index (κ3) is 2.34. The molecule has 0 aromatic heterocycles. The standard InChI is InChI=1S/C8H15N3O2/c1-3-4-5-10-6-8(11(12)13)9(2)7-10/h6H,3-5,7H2,1-2H3. The Hall–Kier alpha value is -1.26. The highest BCUT2D eigenvalue weighted by atomic mass is 16.6. The van der Waals surface area contributed by atoms with Gasteiger partial charge in [-0.05, 0) is 11.3 Å². The molecule has 74 valence electrons. The van der Waals surface area contributed by atoms with Crippen LogP contribution >= 0.6 is 0 Å². The Kier molecular flexibility index (Phi) is 3.11. The van der Waals surface area contributed by atoms with Gasteiger partial charge in [0.15, 0.2) is 6.67 Å². The summed E-state index contributed by atoms with van der Waals surface area (Å²) >= 11 is 0. The number of nitro groups is 1. The second-order valence-corrected chi connectivity index (χ2v) is 3.25. The van der Waals surface area contributed by atoms with Crippen molar-refractivity contribution in [3.8, 4) is 0 Å². The van der Waals surface area contributed by atoms with Gasteiger partial charge in [-0.3, -0.25) is 0 Å². The van der Waals surface area contributed by atoms with Gasteiger partial charge in [0, 0.05) is 6.54 Å². The number of nitrogens with zero attached hydrogens (tertiary/aromatic N) is 3. The summed E-state index contributed by atoms with van der Waals surface area (Å²) in [6.45, 7) is 3.65. The average Bonchev–Trinajstić information content (AvgIpc) is 2.43. The monoisotopic (exact) mass is 185 g/mol. The van der Waals surface area contributed by atoms with E-state index in [1.54, 1.807) is 18.1 Å². The largest absolute Gasteiger partial charge is 0.358 e. The molecule has 0 spiro atoms. The molecule has 5 nitrogen and oxygen atoms in total. The summed E-state index contributed by atoms with van der Waals surface area (Å²) in [4.78, 5) is 13.8. The molecular formula is C8H15N3O2. The van der Waals surface area contributed by atoms with Gasteiger partial charge in [-0.1, -0.05) is 13.3 Å². The van der Waals surface area contributed by atoms with Gasteiger partial charge in [-0.25, -0.2) is 4.90 Å². The van der Waals surface area contributed by atoms with E-state index in [1.807, 2.05) is 4.90 Å². The number of hydrogen-bond acceptors (Lipinski definition) is 4. The highest BCUT2D eigenvalue weighted by Gasteiger charge is 2.26. The van der Waals surface area contributed by atoms with Crippen molar-refractivity contribution in [2.75, 3.05) is 20.3 Å². The van der Waals surface area contributed by atoms with Gasteiger partial charge in [0.1, 0.15) is 0 Å². The maximum Gasteiger partial charge on any atom is 0.335 e. The van der Waals surface area contributed by atoms with Gasteiger partial charge in [0.05, 0.1) is 13.2 Å². The molecule has 0 aliphatic carbocycles. The highest BCUT2D eigenvalue weighted by molar-refractivity contribution is 4.96. The van der Waals surface area contributed by atoms with E-state index < -0.39 is 0 Å². The fourth-order valence-electron chi connectivity index (χ4n) is 1.33. The predicted molar refractivity (Wildman–Crippen MR) is 49.3 cm³/mol. The van der Waals surface area contributed by atoms with Crippen LogP contribution in [0.5, 0.6) is 0 Å². The molecular weight excluding hydrogens is 170 g/mol. The van der Waals surface area contributed by atoms with E-state index in [1.165, 1.54) is 0 Å². The van der Waals surface area contributed by atoms with Gasteiger partial charge in [0.2, 0.25) is 0 Å². The first-order valence-electron chi connectivity index (χ1n) is 4.46. The van der Waals surface area contributed by atoms with Gasteiger partial charge in [0.25, 0.3) is 0 Å². The second kappa shape index (κ2) is 4.11. The number of unbranched alkanes of at least 4 members (excludes halogenated alkanes) is 1. The van der Waals surface area contributed by atoms with Gasteiger partial charge >= 0.3 is 5.82 Å². The lowest BCUT2D eigenvalue weighted by atomic mass is 10.3. The van der Waals surface area contributed by atoms with Crippen LogP contribution in [-0.2, 0) is 0 Å². The van der Waals surface area contributed by atoms with Crippen LogP contribution < -0.4 is 0 Å². The van der Waals surface area contributed by atoms with Crippen molar-refractivity contribution in [3.63, 3.8) is 0 Å². The minimum absolute atomic E-state index is 0.191. The molecule has 0 bridgehead atoms. The zero-order valence-corrected chi connectivity index (χ0v) is 8.06. The van der Waals surface area contributed by atoms with Crippen LogP contribution in [0.1, 0.15) is 19.8 Å². The molecule has 0 unspecified atom stereocenters. The Balaban J connectivity index is 2.50. The summed E-state index contributed by atoms with van der Waals surface area (Å²) in [7, 11) is 1.74. The molecule has 0 atom stereocenters. The van der Waals surface area contributed by atoms with E-state index in [0.717, 1.165) is 19.4 Å². The first kappa shape index (κ1) is 9.83. The molecule has 0 fully saturated rings. The number of hydrogen-bond donors (Lipinski definition) is 0. The molecule has 1 heterocycles. The Morgan fingerprint density at radius 3 is 2.85 bits per heavy atom. The Morgan fingerprint density at radius 1 is 1.69 bits per heavy atom. The molecule has 0 amide bonds. The van der Waals surface area contributed by atoms with Gasteiger partial charge in [-0.15, -0.1) is 0 Å². The van der Waals surface area contributed by atoms with Crippen molar-refractivity contribution in [1.82, 2.24) is 9.80 Å².